The molecular formula is C10H13N3O3. The van der Waals surface area contributed by atoms with E-state index >= 15 is 0 Å². The van der Waals surface area contributed by atoms with Gasteiger partial charge in [-0.25, -0.2) is 0 Å². The van der Waals surface area contributed by atoms with Crippen molar-refractivity contribution >= 4 is 5.84 Å². The first-order chi connectivity index (χ1) is 7.81. The first kappa shape index (κ1) is 10.6. The molecule has 0 atom stereocenters. The molecule has 0 radical (unpaired) electrons. The molecule has 4 N–H and O–H groups in total. The van der Waals surface area contributed by atoms with Crippen LogP contribution in [-0.4, -0.2) is 24.4 Å². The van der Waals surface area contributed by atoms with Crippen molar-refractivity contribution in [3.63, 3.8) is 0 Å². The number of para-hydroxylation sites is 1. The van der Waals surface area contributed by atoms with E-state index < -0.39 is 0 Å². The molecule has 0 fully saturated rings. The smallest absolute Gasteiger partial charge is 0.231 e. The highest BCUT2D eigenvalue weighted by Gasteiger charge is 2.16. The molecule has 0 aromatic heterocycles. The van der Waals surface area contributed by atoms with Gasteiger partial charge in [0.1, 0.15) is 0 Å². The molecule has 2 rings (SSSR count). The minimum atomic E-state index is 0.143. The highest BCUT2D eigenvalue weighted by atomic mass is 16.7. The molecule has 0 saturated carbocycles. The molecular weight excluding hydrogens is 210 g/mol. The number of ether oxygens (including phenoxy) is 2. The lowest BCUT2D eigenvalue weighted by Gasteiger charge is -2.06. The number of amidine groups is 1. The van der Waals surface area contributed by atoms with Crippen LogP contribution in [0.5, 0.6) is 11.5 Å². The van der Waals surface area contributed by atoms with Gasteiger partial charge in [0.2, 0.25) is 6.79 Å². The minimum Gasteiger partial charge on any atom is -0.454 e. The van der Waals surface area contributed by atoms with Crippen molar-refractivity contribution in [1.82, 2.24) is 5.32 Å². The zero-order chi connectivity index (χ0) is 11.4. The molecule has 6 nitrogen and oxygen atoms in total. The Morgan fingerprint density at radius 1 is 1.50 bits per heavy atom. The number of nitrogens with one attached hydrogen (secondary N) is 1. The van der Waals surface area contributed by atoms with Crippen LogP contribution in [0.3, 0.4) is 0 Å². The van der Waals surface area contributed by atoms with E-state index in [-0.39, 0.29) is 12.6 Å². The number of rotatable bonds is 4. The van der Waals surface area contributed by atoms with Gasteiger partial charge in [0.15, 0.2) is 17.3 Å². The van der Waals surface area contributed by atoms with Crippen molar-refractivity contribution in [1.29, 1.82) is 0 Å². The fraction of sp³-hybridized carbons (Fsp3) is 0.300. The fourth-order valence-corrected chi connectivity index (χ4v) is 1.49. The van der Waals surface area contributed by atoms with Crippen LogP contribution in [0.15, 0.2) is 23.4 Å². The summed E-state index contributed by atoms with van der Waals surface area (Å²) in [6, 6.07) is 5.69. The summed E-state index contributed by atoms with van der Waals surface area (Å²) in [5, 5.41) is 14.3. The zero-order valence-electron chi connectivity index (χ0n) is 8.64. The third kappa shape index (κ3) is 2.17. The molecule has 0 unspecified atom stereocenters. The predicted octanol–water partition coefficient (Wildman–Crippen LogP) is 0.251. The maximum Gasteiger partial charge on any atom is 0.231 e. The normalized spacial score (nSPS) is 14.1. The van der Waals surface area contributed by atoms with E-state index in [1.807, 2.05) is 18.2 Å². The van der Waals surface area contributed by atoms with Gasteiger partial charge in [0.25, 0.3) is 0 Å². The number of fused-ring (bicyclic) bond motifs is 1. The van der Waals surface area contributed by atoms with Gasteiger partial charge in [-0.3, -0.25) is 0 Å². The lowest BCUT2D eigenvalue weighted by atomic mass is 10.2. The van der Waals surface area contributed by atoms with Crippen LogP contribution in [-0.2, 0) is 6.54 Å². The monoisotopic (exact) mass is 223 g/mol. The van der Waals surface area contributed by atoms with Crippen LogP contribution in [0, 0.1) is 0 Å². The molecule has 0 aliphatic carbocycles. The summed E-state index contributed by atoms with van der Waals surface area (Å²) in [7, 11) is 0. The first-order valence-corrected chi connectivity index (χ1v) is 4.86. The molecule has 1 heterocycles. The highest BCUT2D eigenvalue weighted by Crippen LogP contribution is 2.34. The average Bonchev–Trinajstić information content (AvgIpc) is 2.77. The summed E-state index contributed by atoms with van der Waals surface area (Å²) in [6.07, 6.45) is 0. The lowest BCUT2D eigenvalue weighted by Crippen LogP contribution is -2.28. The topological polar surface area (TPSA) is 89.1 Å². The molecule has 1 aliphatic rings. The Morgan fingerprint density at radius 3 is 3.19 bits per heavy atom. The van der Waals surface area contributed by atoms with Crippen molar-refractivity contribution in [2.75, 3.05) is 13.3 Å². The van der Waals surface area contributed by atoms with E-state index in [4.69, 9.17) is 20.4 Å². The van der Waals surface area contributed by atoms with E-state index in [0.29, 0.717) is 13.1 Å². The molecule has 1 aromatic carbocycles. The maximum absolute atomic E-state index is 8.37. The van der Waals surface area contributed by atoms with Crippen LogP contribution in [0.1, 0.15) is 5.56 Å². The van der Waals surface area contributed by atoms with E-state index in [1.165, 1.54) is 0 Å². The standard InChI is InChI=1S/C10H13N3O3/c11-9(13-14)5-12-4-7-2-1-3-8-10(7)16-6-15-8/h1-3,12,14H,4-6H2,(H2,11,13). The van der Waals surface area contributed by atoms with Crippen molar-refractivity contribution in [3.05, 3.63) is 23.8 Å². The Hall–Kier alpha value is -1.95. The number of oxime groups is 1. The molecule has 0 saturated heterocycles. The van der Waals surface area contributed by atoms with Gasteiger partial charge in [-0.05, 0) is 6.07 Å². The predicted molar refractivity (Wildman–Crippen MR) is 57.7 cm³/mol. The molecule has 1 aromatic rings. The lowest BCUT2D eigenvalue weighted by molar-refractivity contribution is 0.173. The zero-order valence-corrected chi connectivity index (χ0v) is 8.64. The van der Waals surface area contributed by atoms with E-state index in [2.05, 4.69) is 10.5 Å². The Bertz CT molecular complexity index is 406. The summed E-state index contributed by atoms with van der Waals surface area (Å²) in [5.41, 5.74) is 6.32. The molecule has 16 heavy (non-hydrogen) atoms. The summed E-state index contributed by atoms with van der Waals surface area (Å²) in [6.45, 7) is 1.15. The maximum atomic E-state index is 8.37. The minimum absolute atomic E-state index is 0.143. The van der Waals surface area contributed by atoms with Gasteiger partial charge < -0.3 is 25.7 Å². The van der Waals surface area contributed by atoms with E-state index in [1.54, 1.807) is 0 Å². The quantitative estimate of drug-likeness (QED) is 0.295. The molecule has 1 aliphatic heterocycles. The van der Waals surface area contributed by atoms with Gasteiger partial charge in [-0.15, -0.1) is 0 Å². The van der Waals surface area contributed by atoms with Crippen LogP contribution in [0.4, 0.5) is 0 Å². The van der Waals surface area contributed by atoms with Gasteiger partial charge in [-0.1, -0.05) is 17.3 Å². The molecule has 6 heteroatoms. The summed E-state index contributed by atoms with van der Waals surface area (Å²) in [5.74, 6) is 1.65. The van der Waals surface area contributed by atoms with Gasteiger partial charge in [0.05, 0.1) is 6.54 Å². The van der Waals surface area contributed by atoms with Crippen molar-refractivity contribution < 1.29 is 14.7 Å². The Morgan fingerprint density at radius 2 is 2.38 bits per heavy atom. The summed E-state index contributed by atoms with van der Waals surface area (Å²) in [4.78, 5) is 0. The van der Waals surface area contributed by atoms with Crippen LogP contribution in [0.2, 0.25) is 0 Å². The summed E-state index contributed by atoms with van der Waals surface area (Å²) >= 11 is 0. The van der Waals surface area contributed by atoms with E-state index in [9.17, 15) is 0 Å². The molecule has 0 spiro atoms. The largest absolute Gasteiger partial charge is 0.454 e. The van der Waals surface area contributed by atoms with E-state index in [0.717, 1.165) is 17.1 Å². The molecule has 0 bridgehead atoms. The first-order valence-electron chi connectivity index (χ1n) is 4.86. The SMILES string of the molecule is NC(CNCc1cccc2c1OCO2)=NO. The Kier molecular flexibility index (Phi) is 3.11. The molecule has 0 amide bonds. The van der Waals surface area contributed by atoms with Crippen molar-refractivity contribution in [2.24, 2.45) is 10.9 Å². The second-order valence-corrected chi connectivity index (χ2v) is 3.35. The molecule has 86 valence electrons. The van der Waals surface area contributed by atoms with Crippen molar-refractivity contribution in [3.8, 4) is 11.5 Å². The van der Waals surface area contributed by atoms with Crippen LogP contribution in [0.25, 0.3) is 0 Å². The highest BCUT2D eigenvalue weighted by molar-refractivity contribution is 5.81. The number of hydrogen-bond donors (Lipinski definition) is 3. The number of benzene rings is 1. The third-order valence-corrected chi connectivity index (χ3v) is 2.23. The number of hydrogen-bond acceptors (Lipinski definition) is 5. The summed E-state index contributed by atoms with van der Waals surface area (Å²) < 4.78 is 10.6. The Balaban J connectivity index is 1.97. The van der Waals surface area contributed by atoms with Crippen LogP contribution >= 0.6 is 0 Å². The Labute approximate surface area is 92.6 Å². The van der Waals surface area contributed by atoms with Gasteiger partial charge in [0, 0.05) is 12.1 Å². The second-order valence-electron chi connectivity index (χ2n) is 3.35. The van der Waals surface area contributed by atoms with Gasteiger partial charge >= 0.3 is 0 Å². The number of nitrogens with zero attached hydrogens (tertiary/aromatic N) is 1. The van der Waals surface area contributed by atoms with Crippen LogP contribution < -0.4 is 20.5 Å². The third-order valence-electron chi connectivity index (χ3n) is 2.23. The number of nitrogens with two attached hydrogens (primary N) is 1. The average molecular weight is 223 g/mol. The second kappa shape index (κ2) is 4.71. The fourth-order valence-electron chi connectivity index (χ4n) is 1.49. The van der Waals surface area contributed by atoms with Crippen molar-refractivity contribution in [2.45, 2.75) is 6.54 Å². The van der Waals surface area contributed by atoms with Gasteiger partial charge in [-0.2, -0.15) is 0 Å².